The van der Waals surface area contributed by atoms with Crippen LogP contribution in [-0.2, 0) is 15.7 Å². The number of rotatable bonds is 7. The van der Waals surface area contributed by atoms with Gasteiger partial charge in [-0.3, -0.25) is 4.79 Å². The lowest BCUT2D eigenvalue weighted by Crippen LogP contribution is -2.21. The Labute approximate surface area is 213 Å². The minimum Gasteiger partial charge on any atom is -0.451 e. The SMILES string of the molecule is CCC(C)c1ccccc1NC(=O)COC(=O)c1sc2nc(-c3cccs3)cc(C(F)(F)F)c2c1C. The Balaban J connectivity index is 1.57. The lowest BCUT2D eigenvalue weighted by molar-refractivity contribution is -0.136. The normalized spacial score (nSPS) is 12.5. The number of benzene rings is 1. The number of aryl methyl sites for hydroxylation is 1. The molecule has 188 valence electrons. The number of para-hydroxylation sites is 1. The zero-order valence-electron chi connectivity index (χ0n) is 19.7. The first-order chi connectivity index (χ1) is 17.1. The number of pyridine rings is 1. The predicted octanol–water partition coefficient (Wildman–Crippen LogP) is 7.66. The molecule has 0 saturated heterocycles. The number of nitrogens with one attached hydrogen (secondary N) is 1. The minimum atomic E-state index is -4.64. The van der Waals surface area contributed by atoms with Gasteiger partial charge in [-0.05, 0) is 54.0 Å². The largest absolute Gasteiger partial charge is 0.451 e. The summed E-state index contributed by atoms with van der Waals surface area (Å²) < 4.78 is 46.9. The number of carbonyl (C=O) groups is 2. The highest BCUT2D eigenvalue weighted by molar-refractivity contribution is 7.20. The summed E-state index contributed by atoms with van der Waals surface area (Å²) >= 11 is 2.10. The van der Waals surface area contributed by atoms with E-state index in [1.165, 1.54) is 18.3 Å². The van der Waals surface area contributed by atoms with Crippen LogP contribution in [0.5, 0.6) is 0 Å². The van der Waals surface area contributed by atoms with Crippen LogP contribution in [-0.4, -0.2) is 23.5 Å². The topological polar surface area (TPSA) is 68.3 Å². The molecule has 0 aliphatic carbocycles. The van der Waals surface area contributed by atoms with Gasteiger partial charge in [-0.2, -0.15) is 13.2 Å². The van der Waals surface area contributed by atoms with Gasteiger partial charge in [-0.25, -0.2) is 9.78 Å². The van der Waals surface area contributed by atoms with Gasteiger partial charge in [0.2, 0.25) is 0 Å². The van der Waals surface area contributed by atoms with Gasteiger partial charge in [0, 0.05) is 11.1 Å². The highest BCUT2D eigenvalue weighted by Gasteiger charge is 2.36. The molecule has 1 amide bonds. The van der Waals surface area contributed by atoms with Crippen molar-refractivity contribution in [1.29, 1.82) is 0 Å². The second-order valence-corrected chi connectivity index (χ2v) is 10.2. The second-order valence-electron chi connectivity index (χ2n) is 8.29. The molecule has 0 bridgehead atoms. The van der Waals surface area contributed by atoms with Crippen LogP contribution in [0.25, 0.3) is 20.8 Å². The molecule has 1 unspecified atom stereocenters. The van der Waals surface area contributed by atoms with Crippen molar-refractivity contribution in [2.75, 3.05) is 11.9 Å². The van der Waals surface area contributed by atoms with E-state index in [1.54, 1.807) is 29.6 Å². The van der Waals surface area contributed by atoms with Gasteiger partial charge in [0.05, 0.1) is 16.1 Å². The van der Waals surface area contributed by atoms with E-state index in [0.29, 0.717) is 10.6 Å². The number of hydrogen-bond acceptors (Lipinski definition) is 6. The van der Waals surface area contributed by atoms with Gasteiger partial charge in [0.25, 0.3) is 5.91 Å². The van der Waals surface area contributed by atoms with Crippen molar-refractivity contribution in [1.82, 2.24) is 4.98 Å². The molecule has 36 heavy (non-hydrogen) atoms. The Morgan fingerprint density at radius 1 is 1.17 bits per heavy atom. The lowest BCUT2D eigenvalue weighted by atomic mass is 9.97. The number of halogens is 3. The van der Waals surface area contributed by atoms with E-state index in [9.17, 15) is 22.8 Å². The van der Waals surface area contributed by atoms with Gasteiger partial charge in [0.15, 0.2) is 6.61 Å². The summed E-state index contributed by atoms with van der Waals surface area (Å²) in [6.07, 6.45) is -3.75. The molecule has 1 aromatic carbocycles. The van der Waals surface area contributed by atoms with Gasteiger partial charge >= 0.3 is 12.1 Å². The molecular formula is C26H23F3N2O3S2. The fourth-order valence-corrected chi connectivity index (χ4v) is 5.64. The van der Waals surface area contributed by atoms with Crippen LogP contribution in [0.3, 0.4) is 0 Å². The third-order valence-corrected chi connectivity index (χ3v) is 7.94. The van der Waals surface area contributed by atoms with Crippen molar-refractivity contribution in [2.45, 2.75) is 39.3 Å². The smallest absolute Gasteiger partial charge is 0.417 e. The van der Waals surface area contributed by atoms with E-state index in [-0.39, 0.29) is 32.3 Å². The molecule has 0 radical (unpaired) electrons. The molecule has 10 heteroatoms. The quantitative estimate of drug-likeness (QED) is 0.248. The molecule has 1 atom stereocenters. The number of aromatic nitrogens is 1. The van der Waals surface area contributed by atoms with Crippen LogP contribution < -0.4 is 5.32 Å². The van der Waals surface area contributed by atoms with Crippen molar-refractivity contribution < 1.29 is 27.5 Å². The van der Waals surface area contributed by atoms with Crippen LogP contribution >= 0.6 is 22.7 Å². The Bertz CT molecular complexity index is 1410. The maximum atomic E-state index is 13.9. The van der Waals surface area contributed by atoms with E-state index < -0.39 is 30.2 Å². The Morgan fingerprint density at radius 2 is 1.92 bits per heavy atom. The van der Waals surface area contributed by atoms with Crippen LogP contribution in [0.15, 0.2) is 47.8 Å². The zero-order chi connectivity index (χ0) is 26.0. The number of carbonyl (C=O) groups excluding carboxylic acids is 2. The van der Waals surface area contributed by atoms with Crippen molar-refractivity contribution >= 4 is 50.5 Å². The van der Waals surface area contributed by atoms with Crippen molar-refractivity contribution in [3.63, 3.8) is 0 Å². The monoisotopic (exact) mass is 532 g/mol. The molecule has 3 aromatic heterocycles. The molecule has 0 aliphatic rings. The first-order valence-electron chi connectivity index (χ1n) is 11.2. The van der Waals surface area contributed by atoms with Crippen LogP contribution in [0.1, 0.15) is 52.5 Å². The Hall–Kier alpha value is -3.24. The molecule has 5 nitrogen and oxygen atoms in total. The third kappa shape index (κ3) is 5.29. The molecule has 3 heterocycles. The van der Waals surface area contributed by atoms with E-state index in [1.807, 2.05) is 26.0 Å². The fraction of sp³-hybridized carbons (Fsp3) is 0.269. The number of anilines is 1. The average molecular weight is 533 g/mol. The van der Waals surface area contributed by atoms with E-state index in [0.717, 1.165) is 29.4 Å². The molecule has 0 saturated carbocycles. The lowest BCUT2D eigenvalue weighted by Gasteiger charge is -2.15. The van der Waals surface area contributed by atoms with Crippen LogP contribution in [0.2, 0.25) is 0 Å². The molecule has 4 aromatic rings. The van der Waals surface area contributed by atoms with Crippen LogP contribution in [0, 0.1) is 6.92 Å². The third-order valence-electron chi connectivity index (χ3n) is 5.88. The number of alkyl halides is 3. The molecule has 0 spiro atoms. The average Bonchev–Trinajstić information content (AvgIpc) is 3.50. The fourth-order valence-electron chi connectivity index (χ4n) is 3.86. The van der Waals surface area contributed by atoms with Gasteiger partial charge < -0.3 is 10.1 Å². The summed E-state index contributed by atoms with van der Waals surface area (Å²) in [5.74, 6) is -1.18. The number of nitrogens with zero attached hydrogens (tertiary/aromatic N) is 1. The second kappa shape index (κ2) is 10.4. The summed E-state index contributed by atoms with van der Waals surface area (Å²) in [4.78, 5) is 30.3. The van der Waals surface area contributed by atoms with Gasteiger partial charge in [-0.15, -0.1) is 22.7 Å². The van der Waals surface area contributed by atoms with Gasteiger partial charge in [0.1, 0.15) is 9.71 Å². The predicted molar refractivity (Wildman–Crippen MR) is 137 cm³/mol. The van der Waals surface area contributed by atoms with Crippen LogP contribution in [0.4, 0.5) is 18.9 Å². The molecule has 0 fully saturated rings. The number of fused-ring (bicyclic) bond motifs is 1. The highest BCUT2D eigenvalue weighted by atomic mass is 32.1. The maximum absolute atomic E-state index is 13.9. The summed E-state index contributed by atoms with van der Waals surface area (Å²) in [6, 6.07) is 11.8. The maximum Gasteiger partial charge on any atom is 0.417 e. The van der Waals surface area contributed by atoms with Crippen molar-refractivity contribution in [3.8, 4) is 10.6 Å². The van der Waals surface area contributed by atoms with E-state index in [4.69, 9.17) is 4.74 Å². The summed E-state index contributed by atoms with van der Waals surface area (Å²) in [5, 5.41) is 4.37. The summed E-state index contributed by atoms with van der Waals surface area (Å²) in [6.45, 7) is 4.95. The van der Waals surface area contributed by atoms with E-state index >= 15 is 0 Å². The Morgan fingerprint density at radius 3 is 2.58 bits per heavy atom. The standard InChI is InChI=1S/C26H23F3N2O3S2/c1-4-14(2)16-8-5-6-9-18(16)30-21(32)13-34-25(33)23-15(3)22-17(26(27,28)29)12-19(31-24(22)36-23)20-10-7-11-35-20/h5-12,14H,4,13H2,1-3H3,(H,30,32). The van der Waals surface area contributed by atoms with Crippen molar-refractivity contribution in [3.05, 3.63) is 69.4 Å². The number of hydrogen-bond donors (Lipinski definition) is 1. The molecule has 0 aliphatic heterocycles. The first kappa shape index (κ1) is 25.8. The molecule has 4 rings (SSSR count). The summed E-state index contributed by atoms with van der Waals surface area (Å²) in [5.41, 5.74) is 1.05. The van der Waals surface area contributed by atoms with Gasteiger partial charge in [-0.1, -0.05) is 38.1 Å². The number of thiophene rings is 2. The number of esters is 1. The number of ether oxygens (including phenoxy) is 1. The molecular weight excluding hydrogens is 509 g/mol. The zero-order valence-corrected chi connectivity index (χ0v) is 21.4. The molecule has 1 N–H and O–H groups in total. The summed E-state index contributed by atoms with van der Waals surface area (Å²) in [7, 11) is 0. The van der Waals surface area contributed by atoms with E-state index in [2.05, 4.69) is 10.3 Å². The first-order valence-corrected chi connectivity index (χ1v) is 12.9. The minimum absolute atomic E-state index is 0.0147. The highest BCUT2D eigenvalue weighted by Crippen LogP contribution is 2.42. The van der Waals surface area contributed by atoms with Crippen molar-refractivity contribution in [2.24, 2.45) is 0 Å². The Kier molecular flexibility index (Phi) is 7.46. The number of amides is 1.